The Morgan fingerprint density at radius 3 is 2.00 bits per heavy atom. The molecule has 0 atom stereocenters. The van der Waals surface area contributed by atoms with Gasteiger partial charge in [-0.25, -0.2) is 0 Å². The number of likely N-dealkylation sites (tertiary alicyclic amines) is 1. The van der Waals surface area contributed by atoms with Crippen LogP contribution in [0.5, 0.6) is 0 Å². The zero-order valence-electron chi connectivity index (χ0n) is 10.5. The van der Waals surface area contributed by atoms with E-state index < -0.39 is 0 Å². The van der Waals surface area contributed by atoms with Gasteiger partial charge in [-0.15, -0.1) is 0 Å². The number of nitrogens with zero attached hydrogens (tertiary/aromatic N) is 1. The molecule has 1 saturated heterocycles. The molecule has 0 N–H and O–H groups in total. The zero-order valence-corrected chi connectivity index (χ0v) is 10.5. The Bertz CT molecular complexity index is 191. The Morgan fingerprint density at radius 1 is 1.07 bits per heavy atom. The van der Waals surface area contributed by atoms with Gasteiger partial charge in [-0.2, -0.15) is 0 Å². The molecule has 0 aromatic carbocycles. The van der Waals surface area contributed by atoms with Crippen molar-refractivity contribution >= 4 is 5.91 Å². The van der Waals surface area contributed by atoms with Gasteiger partial charge in [0.05, 0.1) is 0 Å². The van der Waals surface area contributed by atoms with E-state index in [4.69, 9.17) is 0 Å². The van der Waals surface area contributed by atoms with Gasteiger partial charge >= 0.3 is 0 Å². The van der Waals surface area contributed by atoms with Crippen molar-refractivity contribution in [2.45, 2.75) is 52.9 Å². The van der Waals surface area contributed by atoms with E-state index in [1.807, 2.05) is 13.8 Å². The highest BCUT2D eigenvalue weighted by Crippen LogP contribution is 2.29. The third kappa shape index (κ3) is 3.22. The molecule has 1 amide bonds. The lowest BCUT2D eigenvalue weighted by Crippen LogP contribution is -2.43. The lowest BCUT2D eigenvalue weighted by Gasteiger charge is -2.35. The van der Waals surface area contributed by atoms with Gasteiger partial charge in [-0.1, -0.05) is 27.2 Å². The fourth-order valence-electron chi connectivity index (χ4n) is 2.14. The standard InChI is InChI=1S/C11H19NO.C2H6/c1-9-5-7-12(8-6-9)11(13)10-3-2-4-10;1-2/h9-10H,2-8H2,1H3;1-2H3. The molecule has 2 rings (SSSR count). The van der Waals surface area contributed by atoms with Crippen LogP contribution in [0, 0.1) is 11.8 Å². The molecule has 0 bridgehead atoms. The predicted molar refractivity (Wildman–Crippen MR) is 63.7 cm³/mol. The molecular formula is C13H25NO. The molecule has 1 aliphatic heterocycles. The Hall–Kier alpha value is -0.530. The Labute approximate surface area is 94.0 Å². The fourth-order valence-corrected chi connectivity index (χ4v) is 2.14. The number of carbonyl (C=O) groups is 1. The molecule has 1 aliphatic carbocycles. The van der Waals surface area contributed by atoms with Crippen LogP contribution >= 0.6 is 0 Å². The summed E-state index contributed by atoms with van der Waals surface area (Å²) in [5.41, 5.74) is 0. The number of amides is 1. The van der Waals surface area contributed by atoms with Crippen molar-refractivity contribution in [2.24, 2.45) is 11.8 Å². The van der Waals surface area contributed by atoms with Crippen molar-refractivity contribution in [1.29, 1.82) is 0 Å². The summed E-state index contributed by atoms with van der Waals surface area (Å²) in [6.07, 6.45) is 5.97. The highest BCUT2D eigenvalue weighted by atomic mass is 16.2. The van der Waals surface area contributed by atoms with Crippen LogP contribution in [-0.4, -0.2) is 23.9 Å². The number of carbonyl (C=O) groups excluding carboxylic acids is 1. The van der Waals surface area contributed by atoms with Gasteiger partial charge < -0.3 is 4.90 Å². The van der Waals surface area contributed by atoms with Gasteiger partial charge in [0, 0.05) is 19.0 Å². The molecule has 0 radical (unpaired) electrons. The van der Waals surface area contributed by atoms with Crippen LogP contribution in [0.1, 0.15) is 52.9 Å². The fraction of sp³-hybridized carbons (Fsp3) is 0.923. The first kappa shape index (κ1) is 12.5. The summed E-state index contributed by atoms with van der Waals surface area (Å²) in [6.45, 7) is 8.30. The minimum Gasteiger partial charge on any atom is -0.342 e. The summed E-state index contributed by atoms with van der Waals surface area (Å²) in [6, 6.07) is 0. The quantitative estimate of drug-likeness (QED) is 0.652. The molecule has 2 aliphatic rings. The molecule has 0 unspecified atom stereocenters. The molecular weight excluding hydrogens is 186 g/mol. The second-order valence-corrected chi connectivity index (χ2v) is 4.64. The van der Waals surface area contributed by atoms with Gasteiger partial charge in [0.15, 0.2) is 0 Å². The summed E-state index contributed by atoms with van der Waals surface area (Å²) in [5, 5.41) is 0. The first-order chi connectivity index (χ1) is 7.27. The van der Waals surface area contributed by atoms with Crippen LogP contribution in [0.2, 0.25) is 0 Å². The van der Waals surface area contributed by atoms with E-state index in [9.17, 15) is 4.79 Å². The zero-order chi connectivity index (χ0) is 11.3. The van der Waals surface area contributed by atoms with E-state index in [1.165, 1.54) is 19.3 Å². The molecule has 0 aromatic rings. The summed E-state index contributed by atoms with van der Waals surface area (Å²) in [7, 11) is 0. The maximum Gasteiger partial charge on any atom is 0.225 e. The predicted octanol–water partition coefficient (Wildman–Crippen LogP) is 3.07. The second-order valence-electron chi connectivity index (χ2n) is 4.64. The van der Waals surface area contributed by atoms with Crippen molar-refractivity contribution in [3.8, 4) is 0 Å². The molecule has 2 fully saturated rings. The van der Waals surface area contributed by atoms with E-state index in [0.29, 0.717) is 11.8 Å². The molecule has 1 heterocycles. The summed E-state index contributed by atoms with van der Waals surface area (Å²) in [5.74, 6) is 1.66. The van der Waals surface area contributed by atoms with Crippen molar-refractivity contribution in [1.82, 2.24) is 4.90 Å². The van der Waals surface area contributed by atoms with Crippen molar-refractivity contribution < 1.29 is 4.79 Å². The monoisotopic (exact) mass is 211 g/mol. The molecule has 2 nitrogen and oxygen atoms in total. The average molecular weight is 211 g/mol. The van der Waals surface area contributed by atoms with Gasteiger partial charge in [0.1, 0.15) is 0 Å². The van der Waals surface area contributed by atoms with Crippen molar-refractivity contribution in [2.75, 3.05) is 13.1 Å². The van der Waals surface area contributed by atoms with Crippen LogP contribution in [-0.2, 0) is 4.79 Å². The van der Waals surface area contributed by atoms with E-state index in [1.54, 1.807) is 0 Å². The molecule has 15 heavy (non-hydrogen) atoms. The van der Waals surface area contributed by atoms with Gasteiger partial charge in [0.2, 0.25) is 5.91 Å². The number of rotatable bonds is 1. The summed E-state index contributed by atoms with van der Waals surface area (Å²) < 4.78 is 0. The number of hydrogen-bond donors (Lipinski definition) is 0. The SMILES string of the molecule is CC.CC1CCN(C(=O)C2CCC2)CC1. The Kier molecular flexibility index (Phi) is 5.13. The smallest absolute Gasteiger partial charge is 0.225 e. The van der Waals surface area contributed by atoms with Gasteiger partial charge in [0.25, 0.3) is 0 Å². The van der Waals surface area contributed by atoms with E-state index in [-0.39, 0.29) is 0 Å². The van der Waals surface area contributed by atoms with E-state index in [0.717, 1.165) is 31.8 Å². The largest absolute Gasteiger partial charge is 0.342 e. The van der Waals surface area contributed by atoms with Crippen LogP contribution in [0.15, 0.2) is 0 Å². The van der Waals surface area contributed by atoms with Crippen molar-refractivity contribution in [3.63, 3.8) is 0 Å². The van der Waals surface area contributed by atoms with Crippen LogP contribution in [0.4, 0.5) is 0 Å². The molecule has 1 saturated carbocycles. The maximum atomic E-state index is 11.8. The van der Waals surface area contributed by atoms with Crippen LogP contribution < -0.4 is 0 Å². The molecule has 0 spiro atoms. The van der Waals surface area contributed by atoms with Crippen LogP contribution in [0.25, 0.3) is 0 Å². The topological polar surface area (TPSA) is 20.3 Å². The third-order valence-corrected chi connectivity index (χ3v) is 3.55. The third-order valence-electron chi connectivity index (χ3n) is 3.55. The highest BCUT2D eigenvalue weighted by Gasteiger charge is 2.30. The first-order valence-electron chi connectivity index (χ1n) is 6.56. The van der Waals surface area contributed by atoms with Crippen molar-refractivity contribution in [3.05, 3.63) is 0 Å². The van der Waals surface area contributed by atoms with E-state index in [2.05, 4.69) is 11.8 Å². The lowest BCUT2D eigenvalue weighted by atomic mass is 9.83. The maximum absolute atomic E-state index is 11.8. The average Bonchev–Trinajstić information content (AvgIpc) is 2.19. The number of piperidine rings is 1. The molecule has 0 aromatic heterocycles. The minimum atomic E-state index is 0.397. The minimum absolute atomic E-state index is 0.397. The normalized spacial score (nSPS) is 22.7. The lowest BCUT2D eigenvalue weighted by molar-refractivity contribution is -0.139. The number of hydrogen-bond acceptors (Lipinski definition) is 1. The Balaban J connectivity index is 0.000000531. The van der Waals surface area contributed by atoms with E-state index >= 15 is 0 Å². The summed E-state index contributed by atoms with van der Waals surface area (Å²) >= 11 is 0. The first-order valence-corrected chi connectivity index (χ1v) is 6.56. The Morgan fingerprint density at radius 2 is 1.60 bits per heavy atom. The summed E-state index contributed by atoms with van der Waals surface area (Å²) in [4.78, 5) is 13.9. The van der Waals surface area contributed by atoms with Gasteiger partial charge in [-0.3, -0.25) is 4.79 Å². The second kappa shape index (κ2) is 6.14. The van der Waals surface area contributed by atoms with Crippen LogP contribution in [0.3, 0.4) is 0 Å². The molecule has 2 heteroatoms. The highest BCUT2D eigenvalue weighted by molar-refractivity contribution is 5.79. The van der Waals surface area contributed by atoms with Gasteiger partial charge in [-0.05, 0) is 31.6 Å². The molecule has 88 valence electrons.